The van der Waals surface area contributed by atoms with E-state index in [0.29, 0.717) is 13.1 Å². The van der Waals surface area contributed by atoms with Gasteiger partial charge in [-0.2, -0.15) is 5.21 Å². The number of hydrogen-bond donors (Lipinski definition) is 1. The molecule has 94 valence electrons. The Labute approximate surface area is 104 Å². The van der Waals surface area contributed by atoms with E-state index >= 15 is 0 Å². The SMILES string of the molecule is CCN(Cc1cccc(C)n1)C(=O)c1nn[nH]n1. The third-order valence-electron chi connectivity index (χ3n) is 2.50. The van der Waals surface area contributed by atoms with Gasteiger partial charge in [0, 0.05) is 12.2 Å². The van der Waals surface area contributed by atoms with E-state index in [1.165, 1.54) is 0 Å². The summed E-state index contributed by atoms with van der Waals surface area (Å²) in [6.07, 6.45) is 0. The van der Waals surface area contributed by atoms with E-state index in [2.05, 4.69) is 25.6 Å². The molecule has 0 aliphatic heterocycles. The summed E-state index contributed by atoms with van der Waals surface area (Å²) in [5.74, 6) is -0.181. The largest absolute Gasteiger partial charge is 0.330 e. The van der Waals surface area contributed by atoms with Crippen LogP contribution in [0, 0.1) is 6.92 Å². The molecule has 0 atom stereocenters. The zero-order valence-electron chi connectivity index (χ0n) is 10.3. The quantitative estimate of drug-likeness (QED) is 0.851. The highest BCUT2D eigenvalue weighted by Crippen LogP contribution is 2.05. The van der Waals surface area contributed by atoms with Crippen molar-refractivity contribution in [2.75, 3.05) is 6.54 Å². The second-order valence-electron chi connectivity index (χ2n) is 3.83. The molecule has 1 amide bonds. The maximum atomic E-state index is 12.0. The second-order valence-corrected chi connectivity index (χ2v) is 3.83. The van der Waals surface area contributed by atoms with Crippen molar-refractivity contribution in [3.05, 3.63) is 35.4 Å². The average Bonchev–Trinajstić information content (AvgIpc) is 2.89. The minimum atomic E-state index is -0.255. The summed E-state index contributed by atoms with van der Waals surface area (Å²) in [5, 5.41) is 13.0. The first kappa shape index (κ1) is 12.2. The number of aromatic nitrogens is 5. The third-order valence-corrected chi connectivity index (χ3v) is 2.50. The van der Waals surface area contributed by atoms with Crippen LogP contribution in [0.15, 0.2) is 18.2 Å². The number of tetrazole rings is 1. The van der Waals surface area contributed by atoms with E-state index in [1.54, 1.807) is 4.90 Å². The molecule has 2 aromatic rings. The molecule has 0 fully saturated rings. The summed E-state index contributed by atoms with van der Waals surface area (Å²) in [7, 11) is 0. The number of nitrogens with one attached hydrogen (secondary N) is 1. The highest BCUT2D eigenvalue weighted by atomic mass is 16.2. The van der Waals surface area contributed by atoms with Crippen LogP contribution in [-0.2, 0) is 6.54 Å². The van der Waals surface area contributed by atoms with Gasteiger partial charge in [-0.05, 0) is 31.2 Å². The van der Waals surface area contributed by atoms with E-state index in [4.69, 9.17) is 0 Å². The van der Waals surface area contributed by atoms with Crippen molar-refractivity contribution in [2.24, 2.45) is 0 Å². The Hall–Kier alpha value is -2.31. The molecule has 0 aliphatic rings. The first-order chi connectivity index (χ1) is 8.70. The maximum absolute atomic E-state index is 12.0. The third kappa shape index (κ3) is 2.68. The molecule has 1 N–H and O–H groups in total. The lowest BCUT2D eigenvalue weighted by molar-refractivity contribution is 0.0738. The van der Waals surface area contributed by atoms with Crippen molar-refractivity contribution in [1.82, 2.24) is 30.5 Å². The number of carbonyl (C=O) groups is 1. The summed E-state index contributed by atoms with van der Waals surface area (Å²) in [4.78, 5) is 18.0. The Balaban J connectivity index is 2.12. The highest BCUT2D eigenvalue weighted by molar-refractivity contribution is 5.90. The fourth-order valence-electron chi connectivity index (χ4n) is 1.60. The lowest BCUT2D eigenvalue weighted by atomic mass is 10.3. The number of aromatic amines is 1. The average molecular weight is 246 g/mol. The van der Waals surface area contributed by atoms with E-state index in [9.17, 15) is 4.79 Å². The molecule has 0 unspecified atom stereocenters. The van der Waals surface area contributed by atoms with Crippen molar-refractivity contribution in [3.63, 3.8) is 0 Å². The van der Waals surface area contributed by atoms with Gasteiger partial charge in [0.15, 0.2) is 0 Å². The van der Waals surface area contributed by atoms with Crippen molar-refractivity contribution in [2.45, 2.75) is 20.4 Å². The first-order valence-electron chi connectivity index (χ1n) is 5.66. The first-order valence-corrected chi connectivity index (χ1v) is 5.66. The van der Waals surface area contributed by atoms with Gasteiger partial charge in [0.2, 0.25) is 0 Å². The van der Waals surface area contributed by atoms with E-state index in [-0.39, 0.29) is 11.7 Å². The monoisotopic (exact) mass is 246 g/mol. The van der Waals surface area contributed by atoms with Crippen LogP contribution >= 0.6 is 0 Å². The van der Waals surface area contributed by atoms with Crippen LogP contribution in [0.3, 0.4) is 0 Å². The molecule has 0 aliphatic carbocycles. The van der Waals surface area contributed by atoms with Crippen molar-refractivity contribution in [1.29, 1.82) is 0 Å². The van der Waals surface area contributed by atoms with Gasteiger partial charge < -0.3 is 4.90 Å². The number of H-pyrrole nitrogens is 1. The molecule has 7 heteroatoms. The number of hydrogen-bond acceptors (Lipinski definition) is 5. The van der Waals surface area contributed by atoms with Gasteiger partial charge in [-0.3, -0.25) is 9.78 Å². The molecule has 0 radical (unpaired) electrons. The molecule has 2 rings (SSSR count). The van der Waals surface area contributed by atoms with Gasteiger partial charge in [0.25, 0.3) is 11.7 Å². The van der Waals surface area contributed by atoms with Gasteiger partial charge in [0.1, 0.15) is 0 Å². The van der Waals surface area contributed by atoms with Gasteiger partial charge >= 0.3 is 0 Å². The summed E-state index contributed by atoms with van der Waals surface area (Å²) in [5.41, 5.74) is 1.77. The molecule has 0 aromatic carbocycles. The molecule has 0 saturated carbocycles. The van der Waals surface area contributed by atoms with Crippen LogP contribution < -0.4 is 0 Å². The number of rotatable bonds is 4. The Kier molecular flexibility index (Phi) is 3.61. The number of pyridine rings is 1. The maximum Gasteiger partial charge on any atom is 0.295 e. The molecule has 7 nitrogen and oxygen atoms in total. The predicted octanol–water partition coefficient (Wildman–Crippen LogP) is 0.565. The smallest absolute Gasteiger partial charge is 0.295 e. The second kappa shape index (κ2) is 5.35. The number of amides is 1. The van der Waals surface area contributed by atoms with Gasteiger partial charge in [0.05, 0.1) is 12.2 Å². The minimum Gasteiger partial charge on any atom is -0.330 e. The zero-order valence-corrected chi connectivity index (χ0v) is 10.3. The van der Waals surface area contributed by atoms with E-state index in [0.717, 1.165) is 11.4 Å². The lowest BCUT2D eigenvalue weighted by Gasteiger charge is -2.18. The van der Waals surface area contributed by atoms with E-state index in [1.807, 2.05) is 32.0 Å². The standard InChI is InChI=1S/C11H14N6O/c1-3-17(11(18)10-13-15-16-14-10)7-9-6-4-5-8(2)12-9/h4-6H,3,7H2,1-2H3,(H,13,14,15,16). The molecule has 2 aromatic heterocycles. The summed E-state index contributed by atoms with van der Waals surface area (Å²) >= 11 is 0. The molecule has 18 heavy (non-hydrogen) atoms. The molecule has 2 heterocycles. The molecule has 0 bridgehead atoms. The van der Waals surface area contributed by atoms with Crippen LogP contribution in [0.5, 0.6) is 0 Å². The number of carbonyl (C=O) groups excluding carboxylic acids is 1. The Morgan fingerprint density at radius 1 is 1.44 bits per heavy atom. The Bertz CT molecular complexity index is 524. The van der Waals surface area contributed by atoms with Crippen LogP contribution in [0.2, 0.25) is 0 Å². The summed E-state index contributed by atoms with van der Waals surface area (Å²) in [6, 6.07) is 5.73. The number of aryl methyl sites for hydroxylation is 1. The normalized spacial score (nSPS) is 10.3. The molecular formula is C11H14N6O. The van der Waals surface area contributed by atoms with E-state index < -0.39 is 0 Å². The van der Waals surface area contributed by atoms with Crippen LogP contribution in [-0.4, -0.2) is 43.0 Å². The summed E-state index contributed by atoms with van der Waals surface area (Å²) < 4.78 is 0. The molecule has 0 spiro atoms. The topological polar surface area (TPSA) is 87.7 Å². The minimum absolute atomic E-state index is 0.0736. The van der Waals surface area contributed by atoms with Crippen LogP contribution in [0.25, 0.3) is 0 Å². The van der Waals surface area contributed by atoms with Crippen molar-refractivity contribution < 1.29 is 4.79 Å². The van der Waals surface area contributed by atoms with Crippen molar-refractivity contribution in [3.8, 4) is 0 Å². The van der Waals surface area contributed by atoms with Crippen molar-refractivity contribution >= 4 is 5.91 Å². The predicted molar refractivity (Wildman–Crippen MR) is 63.6 cm³/mol. The van der Waals surface area contributed by atoms with Gasteiger partial charge in [-0.25, -0.2) is 0 Å². The van der Waals surface area contributed by atoms with Gasteiger partial charge in [-0.15, -0.1) is 10.2 Å². The fraction of sp³-hybridized carbons (Fsp3) is 0.364. The van der Waals surface area contributed by atoms with Gasteiger partial charge in [-0.1, -0.05) is 6.07 Å². The van der Waals surface area contributed by atoms with Crippen LogP contribution in [0.1, 0.15) is 28.9 Å². The Morgan fingerprint density at radius 3 is 2.89 bits per heavy atom. The molecular weight excluding hydrogens is 232 g/mol. The summed E-state index contributed by atoms with van der Waals surface area (Å²) in [6.45, 7) is 4.81. The molecule has 0 saturated heterocycles. The number of nitrogens with zero attached hydrogens (tertiary/aromatic N) is 5. The fourth-order valence-corrected chi connectivity index (χ4v) is 1.60. The lowest BCUT2D eigenvalue weighted by Crippen LogP contribution is -2.31. The van der Waals surface area contributed by atoms with Crippen LogP contribution in [0.4, 0.5) is 0 Å². The Morgan fingerprint density at radius 2 is 2.28 bits per heavy atom. The highest BCUT2D eigenvalue weighted by Gasteiger charge is 2.18. The zero-order chi connectivity index (χ0) is 13.0.